The summed E-state index contributed by atoms with van der Waals surface area (Å²) in [4.78, 5) is 14.4. The predicted octanol–water partition coefficient (Wildman–Crippen LogP) is 1.22. The minimum atomic E-state index is -0.131. The van der Waals surface area contributed by atoms with Crippen LogP contribution in [0.15, 0.2) is 18.2 Å². The zero-order valence-corrected chi connectivity index (χ0v) is 12.0. The molecule has 1 aliphatic heterocycles. The molecule has 1 aromatic rings. The van der Waals surface area contributed by atoms with Crippen LogP contribution in [0.2, 0.25) is 0 Å². The second-order valence-electron chi connectivity index (χ2n) is 5.13. The molecule has 1 fully saturated rings. The zero-order chi connectivity index (χ0) is 13.8. The van der Waals surface area contributed by atoms with E-state index in [9.17, 15) is 4.79 Å². The fourth-order valence-electron chi connectivity index (χ4n) is 2.61. The number of nitrogens with one attached hydrogen (secondary N) is 2. The molecule has 0 aliphatic carbocycles. The molecule has 4 heteroatoms. The molecule has 0 saturated carbocycles. The van der Waals surface area contributed by atoms with E-state index in [1.807, 2.05) is 7.05 Å². The van der Waals surface area contributed by atoms with Crippen molar-refractivity contribution in [3.63, 3.8) is 0 Å². The van der Waals surface area contributed by atoms with E-state index in [4.69, 9.17) is 0 Å². The van der Waals surface area contributed by atoms with Gasteiger partial charge in [0.1, 0.15) is 6.04 Å². The molecule has 0 spiro atoms. The third-order valence-electron chi connectivity index (χ3n) is 3.84. The molecule has 19 heavy (non-hydrogen) atoms. The van der Waals surface area contributed by atoms with Crippen LogP contribution in [0.4, 0.5) is 5.69 Å². The molecule has 2 rings (SSSR count). The summed E-state index contributed by atoms with van der Waals surface area (Å²) in [6.07, 6.45) is 0.985. The first-order valence-electron chi connectivity index (χ1n) is 6.90. The summed E-state index contributed by atoms with van der Waals surface area (Å²) >= 11 is 0. The van der Waals surface area contributed by atoms with Crippen LogP contribution in [0.3, 0.4) is 0 Å². The van der Waals surface area contributed by atoms with E-state index < -0.39 is 0 Å². The van der Waals surface area contributed by atoms with Gasteiger partial charge in [-0.15, -0.1) is 0 Å². The number of benzene rings is 1. The molecule has 2 N–H and O–H groups in total. The highest BCUT2D eigenvalue weighted by molar-refractivity contribution is 5.86. The lowest BCUT2D eigenvalue weighted by Crippen LogP contribution is -2.49. The van der Waals surface area contributed by atoms with Gasteiger partial charge in [-0.05, 0) is 44.5 Å². The summed E-state index contributed by atoms with van der Waals surface area (Å²) < 4.78 is 0. The number of rotatable bonds is 3. The Morgan fingerprint density at radius 3 is 2.95 bits per heavy atom. The second-order valence-corrected chi connectivity index (χ2v) is 5.13. The first-order valence-corrected chi connectivity index (χ1v) is 6.90. The van der Waals surface area contributed by atoms with Gasteiger partial charge in [0, 0.05) is 25.3 Å². The lowest BCUT2D eigenvalue weighted by Gasteiger charge is -2.32. The van der Waals surface area contributed by atoms with Crippen molar-refractivity contribution in [2.24, 2.45) is 0 Å². The third-order valence-corrected chi connectivity index (χ3v) is 3.84. The van der Waals surface area contributed by atoms with Gasteiger partial charge in [-0.25, -0.2) is 0 Å². The van der Waals surface area contributed by atoms with E-state index in [1.54, 1.807) is 0 Å². The van der Waals surface area contributed by atoms with Crippen LogP contribution >= 0.6 is 0 Å². The normalized spacial score (nSPS) is 20.1. The minimum Gasteiger partial charge on any atom is -0.358 e. The minimum absolute atomic E-state index is 0.118. The average molecular weight is 261 g/mol. The Labute approximate surface area is 115 Å². The summed E-state index contributed by atoms with van der Waals surface area (Å²) in [5, 5.41) is 6.12. The van der Waals surface area contributed by atoms with E-state index >= 15 is 0 Å². The number of likely N-dealkylation sites (N-methyl/N-ethyl adjacent to an activating group) is 1. The van der Waals surface area contributed by atoms with E-state index in [1.165, 1.54) is 16.8 Å². The Morgan fingerprint density at radius 2 is 2.21 bits per heavy atom. The zero-order valence-electron chi connectivity index (χ0n) is 12.0. The molecular weight excluding hydrogens is 238 g/mol. The lowest BCUT2D eigenvalue weighted by molar-refractivity contribution is -0.121. The Hall–Kier alpha value is -1.55. The van der Waals surface area contributed by atoms with Crippen molar-refractivity contribution < 1.29 is 4.79 Å². The number of hydrogen-bond acceptors (Lipinski definition) is 3. The maximum Gasteiger partial charge on any atom is 0.244 e. The number of amides is 1. The fourth-order valence-corrected chi connectivity index (χ4v) is 2.61. The van der Waals surface area contributed by atoms with Crippen molar-refractivity contribution in [3.8, 4) is 0 Å². The summed E-state index contributed by atoms with van der Waals surface area (Å²) in [7, 11) is 1.89. The second kappa shape index (κ2) is 6.06. The Kier molecular flexibility index (Phi) is 4.43. The summed E-state index contributed by atoms with van der Waals surface area (Å²) in [6.45, 7) is 6.59. The van der Waals surface area contributed by atoms with Crippen LogP contribution in [0.25, 0.3) is 0 Å². The van der Waals surface area contributed by atoms with Crippen molar-refractivity contribution in [3.05, 3.63) is 29.3 Å². The monoisotopic (exact) mass is 261 g/mol. The first kappa shape index (κ1) is 13.9. The van der Waals surface area contributed by atoms with Gasteiger partial charge < -0.3 is 15.5 Å². The maximum absolute atomic E-state index is 12.2. The molecule has 1 atom stereocenters. The van der Waals surface area contributed by atoms with Crippen molar-refractivity contribution in [1.29, 1.82) is 0 Å². The molecule has 0 bridgehead atoms. The van der Waals surface area contributed by atoms with Crippen LogP contribution in [0.5, 0.6) is 0 Å². The maximum atomic E-state index is 12.2. The number of anilines is 1. The summed E-state index contributed by atoms with van der Waals surface area (Å²) in [6, 6.07) is 6.16. The van der Waals surface area contributed by atoms with Crippen molar-refractivity contribution in [2.75, 3.05) is 31.6 Å². The average Bonchev–Trinajstić information content (AvgIpc) is 2.57. The highest BCUT2D eigenvalue weighted by Gasteiger charge is 2.28. The molecule has 1 saturated heterocycles. The van der Waals surface area contributed by atoms with Crippen LogP contribution in [0, 0.1) is 13.8 Å². The SMILES string of the molecule is CNCC1C(=O)NCCCN1c1cccc(C)c1C. The van der Waals surface area contributed by atoms with Crippen molar-refractivity contribution in [2.45, 2.75) is 26.3 Å². The van der Waals surface area contributed by atoms with Gasteiger partial charge in [0.05, 0.1) is 0 Å². The molecule has 0 radical (unpaired) electrons. The van der Waals surface area contributed by atoms with Crippen molar-refractivity contribution in [1.82, 2.24) is 10.6 Å². The van der Waals surface area contributed by atoms with E-state index in [2.05, 4.69) is 47.6 Å². The lowest BCUT2D eigenvalue weighted by atomic mass is 10.1. The topological polar surface area (TPSA) is 44.4 Å². The standard InChI is InChI=1S/C15H23N3O/c1-11-6-4-7-13(12(11)2)18-9-5-8-17-15(19)14(18)10-16-3/h4,6-7,14,16H,5,8-10H2,1-3H3,(H,17,19). The van der Waals surface area contributed by atoms with Crippen LogP contribution in [0.1, 0.15) is 17.5 Å². The predicted molar refractivity (Wildman–Crippen MR) is 78.6 cm³/mol. The molecule has 4 nitrogen and oxygen atoms in total. The molecule has 1 heterocycles. The largest absolute Gasteiger partial charge is 0.358 e. The smallest absolute Gasteiger partial charge is 0.244 e. The molecule has 1 unspecified atom stereocenters. The Bertz CT molecular complexity index is 459. The van der Waals surface area contributed by atoms with Gasteiger partial charge in [-0.2, -0.15) is 0 Å². The molecule has 0 aromatic heterocycles. The molecule has 1 aromatic carbocycles. The number of carbonyl (C=O) groups is 1. The number of hydrogen-bond donors (Lipinski definition) is 2. The van der Waals surface area contributed by atoms with Crippen molar-refractivity contribution >= 4 is 11.6 Å². The van der Waals surface area contributed by atoms with Gasteiger partial charge in [0.15, 0.2) is 0 Å². The van der Waals surface area contributed by atoms with Crippen LogP contribution in [-0.2, 0) is 4.79 Å². The Balaban J connectivity index is 2.37. The highest BCUT2D eigenvalue weighted by atomic mass is 16.2. The van der Waals surface area contributed by atoms with E-state index in [0.717, 1.165) is 19.5 Å². The van der Waals surface area contributed by atoms with Gasteiger partial charge in [-0.3, -0.25) is 4.79 Å². The number of nitrogens with zero attached hydrogens (tertiary/aromatic N) is 1. The molecule has 1 aliphatic rings. The first-order chi connectivity index (χ1) is 9.15. The van der Waals surface area contributed by atoms with Gasteiger partial charge >= 0.3 is 0 Å². The summed E-state index contributed by atoms with van der Waals surface area (Å²) in [5.74, 6) is 0.118. The van der Waals surface area contributed by atoms with Gasteiger partial charge in [0.25, 0.3) is 0 Å². The molecule has 1 amide bonds. The Morgan fingerprint density at radius 1 is 1.42 bits per heavy atom. The van der Waals surface area contributed by atoms with Crippen LogP contribution in [-0.4, -0.2) is 38.6 Å². The quantitative estimate of drug-likeness (QED) is 0.860. The number of carbonyl (C=O) groups excluding carboxylic acids is 1. The van der Waals surface area contributed by atoms with E-state index in [0.29, 0.717) is 6.54 Å². The fraction of sp³-hybridized carbons (Fsp3) is 0.533. The molecular formula is C15H23N3O. The van der Waals surface area contributed by atoms with Gasteiger partial charge in [0.2, 0.25) is 5.91 Å². The molecule has 104 valence electrons. The highest BCUT2D eigenvalue weighted by Crippen LogP contribution is 2.25. The summed E-state index contributed by atoms with van der Waals surface area (Å²) in [5.41, 5.74) is 3.71. The number of aryl methyl sites for hydroxylation is 1. The third kappa shape index (κ3) is 2.89. The van der Waals surface area contributed by atoms with E-state index in [-0.39, 0.29) is 11.9 Å². The van der Waals surface area contributed by atoms with Crippen LogP contribution < -0.4 is 15.5 Å². The van der Waals surface area contributed by atoms with Gasteiger partial charge in [-0.1, -0.05) is 12.1 Å².